The van der Waals surface area contributed by atoms with Crippen molar-refractivity contribution in [3.05, 3.63) is 85.1 Å². The molecule has 9 nitrogen and oxygen atoms in total. The van der Waals surface area contributed by atoms with Gasteiger partial charge in [-0.25, -0.2) is 4.57 Å². The first kappa shape index (κ1) is 58.2. The number of hydrogen-bond acceptors (Lipinski definition) is 7. The summed E-state index contributed by atoms with van der Waals surface area (Å²) in [5, 5.41) is 12.7. The Balaban J connectivity index is 3.70. The number of carbonyl (C=O) groups excluding carboxylic acids is 2. The van der Waals surface area contributed by atoms with Crippen molar-refractivity contribution in [1.82, 2.24) is 5.32 Å². The molecule has 0 heterocycles. The lowest BCUT2D eigenvalue weighted by Gasteiger charge is -2.15. The van der Waals surface area contributed by atoms with E-state index in [9.17, 15) is 24.2 Å². The molecule has 0 aromatic heterocycles. The standard InChI is InChI=1S/C51H88NO8P/c1-3-5-7-9-11-13-15-17-19-21-23-24-26-28-30-32-34-36-38-40-42-44-51(55)58-47-49(53)48-60-61(56,57)59-46-45-52-50(54)43-41-39-37-35-33-31-29-27-25-22-20-18-16-14-12-10-8-6-4-2/h5,7,11,13,17,19,23-24,28,30,34,36,40,42,49,53H,3-4,6,8-10,12,14-16,18,20-22,25-27,29,31-33,35,37-39,41,43-48H2,1-2H3,(H,52,54)(H,56,57)/b7-5-,13-11-,19-17-,24-23-,30-28-,36-34-,42-40-. The van der Waals surface area contributed by atoms with Gasteiger partial charge in [0.1, 0.15) is 12.7 Å². The summed E-state index contributed by atoms with van der Waals surface area (Å²) in [6, 6.07) is 0. The van der Waals surface area contributed by atoms with Crippen molar-refractivity contribution in [1.29, 1.82) is 0 Å². The lowest BCUT2D eigenvalue weighted by Crippen LogP contribution is -2.27. The van der Waals surface area contributed by atoms with Crippen molar-refractivity contribution in [3.63, 3.8) is 0 Å². The fraction of sp³-hybridized carbons (Fsp3) is 0.686. The number of allylic oxidation sites excluding steroid dienone is 13. The van der Waals surface area contributed by atoms with E-state index in [1.54, 1.807) is 6.08 Å². The highest BCUT2D eigenvalue weighted by atomic mass is 31.2. The molecule has 1 amide bonds. The summed E-state index contributed by atoms with van der Waals surface area (Å²) in [4.78, 5) is 33.9. The fourth-order valence-corrected chi connectivity index (χ4v) is 7.05. The molecule has 0 aliphatic rings. The van der Waals surface area contributed by atoms with Crippen LogP contribution in [0.2, 0.25) is 0 Å². The molecule has 0 saturated carbocycles. The van der Waals surface area contributed by atoms with Gasteiger partial charge in [-0.2, -0.15) is 0 Å². The highest BCUT2D eigenvalue weighted by Gasteiger charge is 2.23. The SMILES string of the molecule is CC/C=C\C/C=C\C/C=C\C/C=C\C/C=C\C/C=C\C/C=C\CC(=O)OCC(O)COP(=O)(O)OCCNC(=O)CCCCCCCCCCCCCCCCCCCCC. The summed E-state index contributed by atoms with van der Waals surface area (Å²) in [6.45, 7) is 3.34. The third kappa shape index (κ3) is 48.1. The Morgan fingerprint density at radius 1 is 0.525 bits per heavy atom. The normalized spacial score (nSPS) is 14.0. The molecular weight excluding hydrogens is 786 g/mol. The predicted molar refractivity (Wildman–Crippen MR) is 256 cm³/mol. The Morgan fingerprint density at radius 2 is 0.902 bits per heavy atom. The Hall–Kier alpha value is -2.81. The summed E-state index contributed by atoms with van der Waals surface area (Å²) < 4.78 is 26.8. The molecule has 0 aromatic rings. The van der Waals surface area contributed by atoms with Gasteiger partial charge in [0.15, 0.2) is 0 Å². The molecule has 0 saturated heterocycles. The van der Waals surface area contributed by atoms with Gasteiger partial charge in [-0.1, -0.05) is 214 Å². The molecule has 2 atom stereocenters. The van der Waals surface area contributed by atoms with Gasteiger partial charge in [-0.05, 0) is 51.4 Å². The summed E-state index contributed by atoms with van der Waals surface area (Å²) in [5.41, 5.74) is 0. The predicted octanol–water partition coefficient (Wildman–Crippen LogP) is 14.0. The van der Waals surface area contributed by atoms with E-state index in [4.69, 9.17) is 13.8 Å². The highest BCUT2D eigenvalue weighted by Crippen LogP contribution is 2.42. The topological polar surface area (TPSA) is 131 Å². The summed E-state index contributed by atoms with van der Waals surface area (Å²) in [6.07, 6.45) is 59.7. The van der Waals surface area contributed by atoms with Gasteiger partial charge >= 0.3 is 13.8 Å². The van der Waals surface area contributed by atoms with Crippen LogP contribution in [0.3, 0.4) is 0 Å². The second-order valence-corrected chi connectivity index (χ2v) is 17.2. The van der Waals surface area contributed by atoms with Crippen LogP contribution >= 0.6 is 7.82 Å². The molecule has 0 fully saturated rings. The Morgan fingerprint density at radius 3 is 1.31 bits per heavy atom. The molecule has 0 aliphatic carbocycles. The van der Waals surface area contributed by atoms with Gasteiger partial charge in [-0.3, -0.25) is 18.6 Å². The molecule has 0 rings (SSSR count). The van der Waals surface area contributed by atoms with Crippen LogP contribution < -0.4 is 5.32 Å². The Bertz CT molecular complexity index is 1270. The van der Waals surface area contributed by atoms with Crippen LogP contribution in [-0.4, -0.2) is 54.3 Å². The first-order valence-corrected chi connectivity index (χ1v) is 25.6. The lowest BCUT2D eigenvalue weighted by molar-refractivity contribution is -0.146. The zero-order valence-electron chi connectivity index (χ0n) is 38.6. The number of esters is 1. The Labute approximate surface area is 373 Å². The van der Waals surface area contributed by atoms with E-state index < -0.39 is 26.5 Å². The number of nitrogens with one attached hydrogen (secondary N) is 1. The Kier molecular flexibility index (Phi) is 44.5. The minimum atomic E-state index is -4.44. The molecule has 61 heavy (non-hydrogen) atoms. The second kappa shape index (κ2) is 46.7. The van der Waals surface area contributed by atoms with Crippen LogP contribution in [0, 0.1) is 0 Å². The van der Waals surface area contributed by atoms with E-state index in [0.29, 0.717) is 12.8 Å². The van der Waals surface area contributed by atoms with Gasteiger partial charge < -0.3 is 20.1 Å². The smallest absolute Gasteiger partial charge is 0.463 e. The summed E-state index contributed by atoms with van der Waals surface area (Å²) in [5.74, 6) is -0.650. The van der Waals surface area contributed by atoms with Crippen LogP contribution in [-0.2, 0) is 27.9 Å². The first-order chi connectivity index (χ1) is 29.8. The average molecular weight is 874 g/mol. The number of ether oxygens (including phenoxy) is 1. The molecular formula is C51H88NO8P. The number of carbonyl (C=O) groups is 2. The van der Waals surface area contributed by atoms with Crippen molar-refractivity contribution in [2.45, 2.75) is 200 Å². The lowest BCUT2D eigenvalue weighted by atomic mass is 10.0. The number of hydrogen-bond donors (Lipinski definition) is 3. The maximum Gasteiger partial charge on any atom is 0.472 e. The minimum Gasteiger partial charge on any atom is -0.463 e. The molecule has 0 bridgehead atoms. The minimum absolute atomic E-state index is 0.0447. The molecule has 10 heteroatoms. The van der Waals surface area contributed by atoms with Crippen LogP contribution in [0.1, 0.15) is 194 Å². The van der Waals surface area contributed by atoms with Gasteiger partial charge in [0.05, 0.1) is 19.6 Å². The van der Waals surface area contributed by atoms with Gasteiger partial charge in [-0.15, -0.1) is 0 Å². The van der Waals surface area contributed by atoms with E-state index in [2.05, 4.69) is 86.0 Å². The van der Waals surface area contributed by atoms with Crippen LogP contribution in [0.15, 0.2) is 85.1 Å². The maximum atomic E-state index is 12.1. The summed E-state index contributed by atoms with van der Waals surface area (Å²) in [7, 11) is -4.44. The zero-order valence-corrected chi connectivity index (χ0v) is 39.5. The van der Waals surface area contributed by atoms with Gasteiger partial charge in [0, 0.05) is 13.0 Å². The molecule has 0 spiro atoms. The van der Waals surface area contributed by atoms with Crippen LogP contribution in [0.4, 0.5) is 0 Å². The summed E-state index contributed by atoms with van der Waals surface area (Å²) >= 11 is 0. The van der Waals surface area contributed by atoms with Crippen molar-refractivity contribution < 1.29 is 37.9 Å². The van der Waals surface area contributed by atoms with Crippen molar-refractivity contribution in [2.75, 3.05) is 26.4 Å². The number of phosphoric ester groups is 1. The monoisotopic (exact) mass is 874 g/mol. The maximum absolute atomic E-state index is 12.1. The van der Waals surface area contributed by atoms with E-state index in [0.717, 1.165) is 57.8 Å². The number of phosphoric acid groups is 1. The van der Waals surface area contributed by atoms with E-state index in [1.165, 1.54) is 103 Å². The van der Waals surface area contributed by atoms with Crippen molar-refractivity contribution >= 4 is 19.7 Å². The highest BCUT2D eigenvalue weighted by molar-refractivity contribution is 7.47. The van der Waals surface area contributed by atoms with E-state index >= 15 is 0 Å². The third-order valence-electron chi connectivity index (χ3n) is 9.87. The first-order valence-electron chi connectivity index (χ1n) is 24.1. The largest absolute Gasteiger partial charge is 0.472 e. The molecule has 0 radical (unpaired) electrons. The molecule has 0 aliphatic heterocycles. The molecule has 0 aromatic carbocycles. The fourth-order valence-electron chi connectivity index (χ4n) is 6.29. The number of rotatable bonds is 44. The van der Waals surface area contributed by atoms with E-state index in [-0.39, 0.29) is 32.1 Å². The zero-order chi connectivity index (χ0) is 44.6. The quantitative estimate of drug-likeness (QED) is 0.0239. The number of amides is 1. The average Bonchev–Trinajstić information content (AvgIpc) is 3.25. The van der Waals surface area contributed by atoms with Crippen molar-refractivity contribution in [2.24, 2.45) is 0 Å². The van der Waals surface area contributed by atoms with Gasteiger partial charge in [0.2, 0.25) is 5.91 Å². The number of unbranched alkanes of at least 4 members (excludes halogenated alkanes) is 18. The van der Waals surface area contributed by atoms with Gasteiger partial charge in [0.25, 0.3) is 0 Å². The van der Waals surface area contributed by atoms with Crippen LogP contribution in [0.25, 0.3) is 0 Å². The van der Waals surface area contributed by atoms with Crippen LogP contribution in [0.5, 0.6) is 0 Å². The second-order valence-electron chi connectivity index (χ2n) is 15.7. The number of aliphatic hydroxyl groups excluding tert-OH is 1. The number of aliphatic hydroxyl groups is 1. The van der Waals surface area contributed by atoms with Crippen molar-refractivity contribution in [3.8, 4) is 0 Å². The molecule has 2 unspecified atom stereocenters. The molecule has 3 N–H and O–H groups in total. The molecule has 350 valence electrons. The third-order valence-corrected chi connectivity index (χ3v) is 10.9. The van der Waals surface area contributed by atoms with E-state index in [1.807, 2.05) is 12.2 Å².